The highest BCUT2D eigenvalue weighted by atomic mass is 16.5. The van der Waals surface area contributed by atoms with Gasteiger partial charge in [-0.3, -0.25) is 0 Å². The van der Waals surface area contributed by atoms with Crippen molar-refractivity contribution >= 4 is 11.0 Å². The molecule has 0 amide bonds. The van der Waals surface area contributed by atoms with E-state index < -0.39 is 5.60 Å². The van der Waals surface area contributed by atoms with Gasteiger partial charge in [0.15, 0.2) is 5.60 Å². The van der Waals surface area contributed by atoms with Crippen LogP contribution in [0, 0.1) is 0 Å². The Hall–Kier alpha value is -3.24. The van der Waals surface area contributed by atoms with E-state index in [1.165, 1.54) is 0 Å². The summed E-state index contributed by atoms with van der Waals surface area (Å²) in [4.78, 5) is 9.30. The van der Waals surface area contributed by atoms with Gasteiger partial charge in [0.25, 0.3) is 0 Å². The SMILES string of the molecule is COc1nc2ccccc2nc1C(O)(c1ccccc1)c1ccccc1. The maximum absolute atomic E-state index is 11.9. The maximum Gasteiger partial charge on any atom is 0.239 e. The van der Waals surface area contributed by atoms with Crippen molar-refractivity contribution in [2.24, 2.45) is 0 Å². The molecule has 0 spiro atoms. The lowest BCUT2D eigenvalue weighted by Gasteiger charge is -2.29. The number of aliphatic hydroxyl groups is 1. The standard InChI is InChI=1S/C22H18N2O2/c1-26-21-20(23-18-14-8-9-15-19(18)24-21)22(25,16-10-4-2-5-11-16)17-12-6-3-7-13-17/h2-15,25H,1H3. The third-order valence-electron chi connectivity index (χ3n) is 4.46. The molecule has 0 saturated heterocycles. The van der Waals surface area contributed by atoms with Crippen LogP contribution < -0.4 is 4.74 Å². The number of hydrogen-bond donors (Lipinski definition) is 1. The van der Waals surface area contributed by atoms with Crippen LogP contribution in [0.4, 0.5) is 0 Å². The minimum absolute atomic E-state index is 0.305. The van der Waals surface area contributed by atoms with Crippen LogP contribution in [-0.4, -0.2) is 22.2 Å². The van der Waals surface area contributed by atoms with Crippen molar-refractivity contribution in [3.63, 3.8) is 0 Å². The quantitative estimate of drug-likeness (QED) is 0.611. The molecule has 0 unspecified atom stereocenters. The summed E-state index contributed by atoms with van der Waals surface area (Å²) in [6.07, 6.45) is 0. The molecule has 26 heavy (non-hydrogen) atoms. The summed E-state index contributed by atoms with van der Waals surface area (Å²) in [6, 6.07) is 26.5. The predicted molar refractivity (Wildman–Crippen MR) is 101 cm³/mol. The Balaban J connectivity index is 2.06. The van der Waals surface area contributed by atoms with Crippen molar-refractivity contribution in [3.05, 3.63) is 102 Å². The number of ether oxygens (including phenoxy) is 1. The summed E-state index contributed by atoms with van der Waals surface area (Å²) in [7, 11) is 1.54. The van der Waals surface area contributed by atoms with Gasteiger partial charge in [-0.15, -0.1) is 0 Å². The molecule has 0 bridgehead atoms. The first-order valence-corrected chi connectivity index (χ1v) is 8.38. The molecule has 4 heteroatoms. The fourth-order valence-electron chi connectivity index (χ4n) is 3.16. The van der Waals surface area contributed by atoms with Crippen molar-refractivity contribution in [1.82, 2.24) is 9.97 Å². The summed E-state index contributed by atoms with van der Waals surface area (Å²) in [5.41, 5.74) is 1.72. The van der Waals surface area contributed by atoms with Gasteiger partial charge in [0.2, 0.25) is 5.88 Å². The van der Waals surface area contributed by atoms with Crippen LogP contribution in [-0.2, 0) is 5.60 Å². The van der Waals surface area contributed by atoms with Crippen LogP contribution in [0.15, 0.2) is 84.9 Å². The van der Waals surface area contributed by atoms with Gasteiger partial charge < -0.3 is 9.84 Å². The predicted octanol–water partition coefficient (Wildman–Crippen LogP) is 3.92. The zero-order valence-electron chi connectivity index (χ0n) is 14.3. The van der Waals surface area contributed by atoms with Gasteiger partial charge in [-0.2, -0.15) is 0 Å². The molecule has 0 aliphatic carbocycles. The van der Waals surface area contributed by atoms with Crippen LogP contribution in [0.3, 0.4) is 0 Å². The Morgan fingerprint density at radius 2 is 1.15 bits per heavy atom. The fraction of sp³-hybridized carbons (Fsp3) is 0.0909. The summed E-state index contributed by atoms with van der Waals surface area (Å²) >= 11 is 0. The molecule has 4 nitrogen and oxygen atoms in total. The molecular weight excluding hydrogens is 324 g/mol. The number of aromatic nitrogens is 2. The number of nitrogens with zero attached hydrogens (tertiary/aromatic N) is 2. The fourth-order valence-corrected chi connectivity index (χ4v) is 3.16. The summed E-state index contributed by atoms with van der Waals surface area (Å²) in [5, 5.41) is 11.9. The average molecular weight is 342 g/mol. The molecule has 1 heterocycles. The third kappa shape index (κ3) is 2.61. The van der Waals surface area contributed by atoms with Crippen molar-refractivity contribution < 1.29 is 9.84 Å². The number of rotatable bonds is 4. The highest BCUT2D eigenvalue weighted by Gasteiger charge is 2.39. The molecule has 128 valence electrons. The van der Waals surface area contributed by atoms with Crippen molar-refractivity contribution in [1.29, 1.82) is 0 Å². The van der Waals surface area contributed by atoms with E-state index in [9.17, 15) is 5.11 Å². The average Bonchev–Trinajstić information content (AvgIpc) is 2.73. The lowest BCUT2D eigenvalue weighted by molar-refractivity contribution is 0.116. The van der Waals surface area contributed by atoms with E-state index in [0.29, 0.717) is 28.2 Å². The second-order valence-corrected chi connectivity index (χ2v) is 6.01. The molecule has 4 rings (SSSR count). The van der Waals surface area contributed by atoms with Crippen molar-refractivity contribution in [3.8, 4) is 5.88 Å². The zero-order valence-corrected chi connectivity index (χ0v) is 14.3. The molecule has 0 fully saturated rings. The monoisotopic (exact) mass is 342 g/mol. The zero-order chi connectivity index (χ0) is 18.0. The first kappa shape index (κ1) is 16.2. The van der Waals surface area contributed by atoms with Gasteiger partial charge in [0.05, 0.1) is 18.1 Å². The second-order valence-electron chi connectivity index (χ2n) is 6.01. The van der Waals surface area contributed by atoms with Gasteiger partial charge in [-0.25, -0.2) is 9.97 Å². The molecular formula is C22H18N2O2. The van der Waals surface area contributed by atoms with E-state index in [0.717, 1.165) is 5.52 Å². The number of para-hydroxylation sites is 2. The number of fused-ring (bicyclic) bond motifs is 1. The molecule has 0 aliphatic rings. The largest absolute Gasteiger partial charge is 0.480 e. The van der Waals surface area contributed by atoms with E-state index in [1.54, 1.807) is 7.11 Å². The second kappa shape index (κ2) is 6.58. The number of methoxy groups -OCH3 is 1. The van der Waals surface area contributed by atoms with E-state index in [1.807, 2.05) is 84.9 Å². The minimum atomic E-state index is -1.48. The number of benzene rings is 3. The van der Waals surface area contributed by atoms with Crippen LogP contribution in [0.5, 0.6) is 5.88 Å². The lowest BCUT2D eigenvalue weighted by atomic mass is 9.83. The van der Waals surface area contributed by atoms with E-state index in [-0.39, 0.29) is 0 Å². The normalized spacial score (nSPS) is 11.5. The number of hydrogen-bond acceptors (Lipinski definition) is 4. The third-order valence-corrected chi connectivity index (χ3v) is 4.46. The van der Waals surface area contributed by atoms with Gasteiger partial charge in [-0.05, 0) is 23.3 Å². The molecule has 3 aromatic carbocycles. The minimum Gasteiger partial charge on any atom is -0.480 e. The van der Waals surface area contributed by atoms with Crippen LogP contribution >= 0.6 is 0 Å². The van der Waals surface area contributed by atoms with Crippen molar-refractivity contribution in [2.75, 3.05) is 7.11 Å². The Labute approximate surface area is 151 Å². The summed E-state index contributed by atoms with van der Waals surface area (Å²) in [6.45, 7) is 0. The van der Waals surface area contributed by atoms with Crippen LogP contribution in [0.1, 0.15) is 16.8 Å². The molecule has 0 aliphatic heterocycles. The van der Waals surface area contributed by atoms with Gasteiger partial charge in [-0.1, -0.05) is 72.8 Å². The van der Waals surface area contributed by atoms with Crippen molar-refractivity contribution in [2.45, 2.75) is 5.60 Å². The van der Waals surface area contributed by atoms with E-state index in [2.05, 4.69) is 4.98 Å². The molecule has 0 atom stereocenters. The van der Waals surface area contributed by atoms with Crippen LogP contribution in [0.25, 0.3) is 11.0 Å². The smallest absolute Gasteiger partial charge is 0.239 e. The first-order chi connectivity index (χ1) is 12.7. The highest BCUT2D eigenvalue weighted by Crippen LogP contribution is 2.39. The van der Waals surface area contributed by atoms with Gasteiger partial charge >= 0.3 is 0 Å². The maximum atomic E-state index is 11.9. The van der Waals surface area contributed by atoms with E-state index >= 15 is 0 Å². The molecule has 4 aromatic rings. The first-order valence-electron chi connectivity index (χ1n) is 8.38. The van der Waals surface area contributed by atoms with Crippen LogP contribution in [0.2, 0.25) is 0 Å². The lowest BCUT2D eigenvalue weighted by Crippen LogP contribution is -2.31. The van der Waals surface area contributed by atoms with Gasteiger partial charge in [0.1, 0.15) is 5.69 Å². The molecule has 0 saturated carbocycles. The Kier molecular flexibility index (Phi) is 4.11. The Morgan fingerprint density at radius 1 is 0.692 bits per heavy atom. The molecule has 1 N–H and O–H groups in total. The summed E-state index contributed by atoms with van der Waals surface area (Å²) in [5.74, 6) is 0.305. The molecule has 0 radical (unpaired) electrons. The Morgan fingerprint density at radius 3 is 1.65 bits per heavy atom. The topological polar surface area (TPSA) is 55.2 Å². The van der Waals surface area contributed by atoms with E-state index in [4.69, 9.17) is 9.72 Å². The molecule has 1 aromatic heterocycles. The Bertz CT molecular complexity index is 994. The van der Waals surface area contributed by atoms with Gasteiger partial charge in [0, 0.05) is 0 Å². The summed E-state index contributed by atoms with van der Waals surface area (Å²) < 4.78 is 5.51. The highest BCUT2D eigenvalue weighted by molar-refractivity contribution is 5.75.